The molecule has 0 aliphatic heterocycles. The molecule has 1 unspecified atom stereocenters. The van der Waals surface area contributed by atoms with E-state index >= 15 is 0 Å². The molecule has 5 aliphatic rings. The number of hydrogen-bond acceptors (Lipinski definition) is 11. The van der Waals surface area contributed by atoms with Gasteiger partial charge in [-0.25, -0.2) is 0 Å². The first-order valence-corrected chi connectivity index (χ1v) is 12.4. The van der Waals surface area contributed by atoms with Crippen LogP contribution >= 0.6 is 0 Å². The lowest BCUT2D eigenvalue weighted by Gasteiger charge is -2.56. The monoisotopic (exact) mass is 544 g/mol. The summed E-state index contributed by atoms with van der Waals surface area (Å²) in [5, 5.41) is 68.5. The molecule has 2 aromatic rings. The number of phenolic OH excluding ortho intramolecular Hbond substituents is 3. The zero-order valence-corrected chi connectivity index (χ0v) is 20.9. The zero-order valence-electron chi connectivity index (χ0n) is 20.9. The lowest BCUT2D eigenvalue weighted by Crippen LogP contribution is -2.69. The topological polar surface area (TPSA) is 207 Å². The van der Waals surface area contributed by atoms with Gasteiger partial charge in [0, 0.05) is 28.7 Å². The summed E-state index contributed by atoms with van der Waals surface area (Å²) in [5.74, 6) is -12.0. The van der Waals surface area contributed by atoms with Crippen molar-refractivity contribution in [2.24, 2.45) is 5.41 Å². The number of aliphatic hydroxyl groups is 3. The molecule has 0 saturated heterocycles. The number of Topliss-reactive ketones (excluding diaryl/α,β-unsaturated/α-hetero) is 4. The lowest BCUT2D eigenvalue weighted by molar-refractivity contribution is -0.167. The Morgan fingerprint density at radius 2 is 1.52 bits per heavy atom. The summed E-state index contributed by atoms with van der Waals surface area (Å²) in [6, 6.07) is 2.55. The second-order valence-electron chi connectivity index (χ2n) is 11.1. The molecule has 0 amide bonds. The third-order valence-electron chi connectivity index (χ3n) is 9.28. The van der Waals surface area contributed by atoms with Crippen LogP contribution in [-0.4, -0.2) is 71.3 Å². The minimum atomic E-state index is -2.82. The van der Waals surface area contributed by atoms with E-state index in [1.54, 1.807) is 6.92 Å². The molecule has 11 heteroatoms. The molecule has 7 rings (SSSR count). The maximum absolute atomic E-state index is 14.2. The van der Waals surface area contributed by atoms with Crippen LogP contribution in [-0.2, 0) is 9.59 Å². The van der Waals surface area contributed by atoms with Gasteiger partial charge in [-0.1, -0.05) is 0 Å². The summed E-state index contributed by atoms with van der Waals surface area (Å²) in [6.07, 6.45) is -2.16. The van der Waals surface area contributed by atoms with Gasteiger partial charge in [0.1, 0.15) is 39.8 Å². The summed E-state index contributed by atoms with van der Waals surface area (Å²) in [7, 11) is 0. The number of phenols is 3. The van der Waals surface area contributed by atoms with Gasteiger partial charge in [0.05, 0.1) is 40.2 Å². The SMILES string of the molecule is CC1=CC(=O)c2c(O)c3c(c(O)c2C1=O)C1C(=O)C[C@]24C(=O)c5cc(C)cc(O)c5C(O)=C2C(=O)[C@@H]3[C@H](O)[C@]14O. The molecule has 40 heavy (non-hydrogen) atoms. The molecule has 2 fully saturated rings. The predicted molar refractivity (Wildman–Crippen MR) is 132 cm³/mol. The van der Waals surface area contributed by atoms with E-state index in [0.717, 1.165) is 6.08 Å². The second-order valence-corrected chi connectivity index (χ2v) is 11.1. The minimum Gasteiger partial charge on any atom is -0.507 e. The van der Waals surface area contributed by atoms with Crippen LogP contribution in [0, 0.1) is 12.3 Å². The molecule has 0 radical (unpaired) electrons. The zero-order chi connectivity index (χ0) is 29.0. The number of ketones is 5. The van der Waals surface area contributed by atoms with E-state index in [0.29, 0.717) is 5.56 Å². The van der Waals surface area contributed by atoms with Crippen molar-refractivity contribution < 1.29 is 54.6 Å². The molecule has 1 spiro atoms. The van der Waals surface area contributed by atoms with Gasteiger partial charge < -0.3 is 30.6 Å². The molecule has 202 valence electrons. The Balaban J connectivity index is 1.65. The van der Waals surface area contributed by atoms with Gasteiger partial charge in [-0.15, -0.1) is 0 Å². The number of rotatable bonds is 0. The van der Waals surface area contributed by atoms with Crippen molar-refractivity contribution in [1.82, 2.24) is 0 Å². The standard InChI is InChI=1S/C29H20O11/c1-7-3-9-13(10(30)4-7)24(36)20-25(37)18-15-16(19-12(32)6-28(20,26(9)38)29(19,40)27(18)39)23(35)17-14(22(15)34)11(31)5-8(2)21(17)33/h3-5,18-19,27,30,34-36,39-40H,6H2,1-2H3/t18-,19?,27+,28-,29-/m1/s1. The highest BCUT2D eigenvalue weighted by Crippen LogP contribution is 2.71. The molecule has 0 aromatic heterocycles. The van der Waals surface area contributed by atoms with Crippen LogP contribution in [0.4, 0.5) is 0 Å². The average molecular weight is 544 g/mol. The van der Waals surface area contributed by atoms with E-state index in [1.807, 2.05) is 0 Å². The molecule has 5 aliphatic carbocycles. The molecular formula is C29H20O11. The number of allylic oxidation sites excluding steroid dienone is 2. The average Bonchev–Trinajstić information content (AvgIpc) is 3.12. The smallest absolute Gasteiger partial charge is 0.193 e. The number of benzene rings is 2. The fourth-order valence-electron chi connectivity index (χ4n) is 7.75. The Hall–Kier alpha value is -4.61. The van der Waals surface area contributed by atoms with E-state index in [-0.39, 0.29) is 11.1 Å². The van der Waals surface area contributed by atoms with Crippen LogP contribution in [0.5, 0.6) is 17.2 Å². The number of aryl methyl sites for hydroxylation is 1. The molecule has 11 nitrogen and oxygen atoms in total. The van der Waals surface area contributed by atoms with Gasteiger partial charge in [-0.2, -0.15) is 0 Å². The van der Waals surface area contributed by atoms with Crippen LogP contribution in [0.15, 0.2) is 29.4 Å². The highest BCUT2D eigenvalue weighted by Gasteiger charge is 2.81. The van der Waals surface area contributed by atoms with Crippen molar-refractivity contribution in [2.45, 2.75) is 43.8 Å². The van der Waals surface area contributed by atoms with Crippen molar-refractivity contribution in [1.29, 1.82) is 0 Å². The highest BCUT2D eigenvalue weighted by molar-refractivity contribution is 6.29. The van der Waals surface area contributed by atoms with Gasteiger partial charge in [0.25, 0.3) is 0 Å². The summed E-state index contributed by atoms with van der Waals surface area (Å²) in [5.41, 5.74) is -8.78. The molecule has 6 N–H and O–H groups in total. The normalized spacial score (nSPS) is 31.6. The van der Waals surface area contributed by atoms with Crippen molar-refractivity contribution in [2.75, 3.05) is 0 Å². The maximum atomic E-state index is 14.2. The lowest BCUT2D eigenvalue weighted by atomic mass is 9.47. The highest BCUT2D eigenvalue weighted by atomic mass is 16.4. The molecule has 2 aromatic carbocycles. The van der Waals surface area contributed by atoms with Crippen molar-refractivity contribution in [3.8, 4) is 17.2 Å². The number of hydrogen-bond donors (Lipinski definition) is 6. The first kappa shape index (κ1) is 24.4. The van der Waals surface area contributed by atoms with Crippen molar-refractivity contribution >= 4 is 34.7 Å². The van der Waals surface area contributed by atoms with Crippen molar-refractivity contribution in [3.05, 3.63) is 68.3 Å². The van der Waals surface area contributed by atoms with Gasteiger partial charge in [0.2, 0.25) is 0 Å². The Labute approximate surface area is 224 Å². The van der Waals surface area contributed by atoms with Gasteiger partial charge in [0.15, 0.2) is 23.1 Å². The van der Waals surface area contributed by atoms with Crippen LogP contribution in [0.1, 0.15) is 78.5 Å². The molecule has 0 heterocycles. The van der Waals surface area contributed by atoms with E-state index in [9.17, 15) is 54.6 Å². The number of carbonyl (C=O) groups is 5. The fraction of sp³-hybridized carbons (Fsp3) is 0.276. The van der Waals surface area contributed by atoms with Crippen LogP contribution < -0.4 is 0 Å². The Morgan fingerprint density at radius 3 is 2.20 bits per heavy atom. The Kier molecular flexibility index (Phi) is 4.23. The quantitative estimate of drug-likeness (QED) is 0.261. The molecular weight excluding hydrogens is 524 g/mol. The predicted octanol–water partition coefficient (Wildman–Crippen LogP) is 1.42. The minimum absolute atomic E-state index is 0.0726. The van der Waals surface area contributed by atoms with Crippen LogP contribution in [0.3, 0.4) is 0 Å². The third-order valence-corrected chi connectivity index (χ3v) is 9.28. The number of carbonyl (C=O) groups excluding carboxylic acids is 5. The first-order valence-electron chi connectivity index (χ1n) is 12.4. The van der Waals surface area contributed by atoms with Crippen LogP contribution in [0.2, 0.25) is 0 Å². The third kappa shape index (κ3) is 2.23. The number of aromatic hydroxyl groups is 3. The molecule has 2 bridgehead atoms. The van der Waals surface area contributed by atoms with E-state index in [1.165, 1.54) is 19.1 Å². The molecule has 5 atom stereocenters. The number of aliphatic hydroxyl groups excluding tert-OH is 2. The van der Waals surface area contributed by atoms with E-state index < -0.39 is 121 Å². The Morgan fingerprint density at radius 1 is 0.875 bits per heavy atom. The maximum Gasteiger partial charge on any atom is 0.193 e. The fourth-order valence-corrected chi connectivity index (χ4v) is 7.75. The van der Waals surface area contributed by atoms with Gasteiger partial charge in [-0.3, -0.25) is 24.0 Å². The Bertz CT molecular complexity index is 1830. The number of fused-ring (bicyclic) bond motifs is 6. The van der Waals surface area contributed by atoms with E-state index in [2.05, 4.69) is 0 Å². The molecule has 2 saturated carbocycles. The second kappa shape index (κ2) is 6.93. The van der Waals surface area contributed by atoms with E-state index in [4.69, 9.17) is 0 Å². The summed E-state index contributed by atoms with van der Waals surface area (Å²) < 4.78 is 0. The summed E-state index contributed by atoms with van der Waals surface area (Å²) in [6.45, 7) is 2.85. The largest absolute Gasteiger partial charge is 0.507 e. The van der Waals surface area contributed by atoms with Crippen LogP contribution in [0.25, 0.3) is 5.76 Å². The summed E-state index contributed by atoms with van der Waals surface area (Å²) in [4.78, 5) is 68.0. The van der Waals surface area contributed by atoms with Gasteiger partial charge >= 0.3 is 0 Å². The summed E-state index contributed by atoms with van der Waals surface area (Å²) >= 11 is 0. The first-order chi connectivity index (χ1) is 18.7. The van der Waals surface area contributed by atoms with Crippen molar-refractivity contribution in [3.63, 3.8) is 0 Å². The van der Waals surface area contributed by atoms with Gasteiger partial charge in [-0.05, 0) is 37.6 Å².